The lowest BCUT2D eigenvalue weighted by atomic mass is 10.0. The number of hydrogen-bond acceptors (Lipinski definition) is 4. The fourth-order valence-electron chi connectivity index (χ4n) is 4.33. The van der Waals surface area contributed by atoms with Gasteiger partial charge >= 0.3 is 7.82 Å². The minimum Gasteiger partial charge on any atom is -0.371 e. The van der Waals surface area contributed by atoms with E-state index in [1.54, 1.807) is 18.2 Å². The Morgan fingerprint density at radius 2 is 1.36 bits per heavy atom. The Balaban J connectivity index is 2.15. The van der Waals surface area contributed by atoms with E-state index in [9.17, 15) is 4.57 Å². The van der Waals surface area contributed by atoms with E-state index in [0.717, 1.165) is 24.8 Å². The van der Waals surface area contributed by atoms with Crippen LogP contribution in [-0.2, 0) is 20.4 Å². The zero-order valence-electron chi connectivity index (χ0n) is 22.1. The quantitative estimate of drug-likeness (QED) is 0.106. The summed E-state index contributed by atoms with van der Waals surface area (Å²) in [5.41, 5.74) is 1.19. The van der Waals surface area contributed by atoms with Gasteiger partial charge in [0.25, 0.3) is 0 Å². The third-order valence-electron chi connectivity index (χ3n) is 6.38. The number of unbranched alkanes of at least 4 members (excludes halogenated alkanes) is 15. The van der Waals surface area contributed by atoms with Crippen LogP contribution in [0.5, 0.6) is 0 Å². The van der Waals surface area contributed by atoms with E-state index in [0.29, 0.717) is 17.0 Å². The first-order valence-electron chi connectivity index (χ1n) is 13.8. The Hall–Kier alpha value is -0.930. The van der Waals surface area contributed by atoms with Crippen molar-refractivity contribution in [2.24, 2.45) is 0 Å². The van der Waals surface area contributed by atoms with Gasteiger partial charge in [-0.2, -0.15) is 5.26 Å². The van der Waals surface area contributed by atoms with Crippen LogP contribution in [0.3, 0.4) is 0 Å². The number of rotatable bonds is 23. The third kappa shape index (κ3) is 19.2. The molecule has 0 aliphatic rings. The highest BCUT2D eigenvalue weighted by Crippen LogP contribution is 2.36. The molecular weight excluding hydrogens is 497 g/mol. The van der Waals surface area contributed by atoms with Crippen LogP contribution in [0, 0.1) is 11.3 Å². The Morgan fingerprint density at radius 3 is 1.83 bits per heavy atom. The molecule has 0 aromatic heterocycles. The minimum absolute atomic E-state index is 0.172. The van der Waals surface area contributed by atoms with Gasteiger partial charge in [-0.3, -0.25) is 4.52 Å². The molecule has 6 nitrogen and oxygen atoms in total. The van der Waals surface area contributed by atoms with Crippen molar-refractivity contribution in [3.63, 3.8) is 0 Å². The smallest absolute Gasteiger partial charge is 0.371 e. The summed E-state index contributed by atoms with van der Waals surface area (Å²) >= 11 is 6.04. The molecule has 0 amide bonds. The Morgan fingerprint density at radius 1 is 0.861 bits per heavy atom. The number of benzene rings is 1. The van der Waals surface area contributed by atoms with Gasteiger partial charge in [-0.05, 0) is 30.2 Å². The molecule has 8 heteroatoms. The molecule has 1 atom stereocenters. The lowest BCUT2D eigenvalue weighted by Gasteiger charge is -2.18. The number of nitriles is 1. The van der Waals surface area contributed by atoms with Crippen LogP contribution in [0.4, 0.5) is 0 Å². The molecule has 0 fully saturated rings. The molecule has 0 aliphatic carbocycles. The SMILES string of the molecule is CCCCCCCCCCCCCCCCCCC(COP(=O)(O)O)OCc1cc(Cl)cc(C#N)c1. The van der Waals surface area contributed by atoms with Gasteiger partial charge in [-0.25, -0.2) is 4.57 Å². The fraction of sp³-hybridized carbons (Fsp3) is 0.750. The van der Waals surface area contributed by atoms with Gasteiger partial charge in [0.15, 0.2) is 0 Å². The summed E-state index contributed by atoms with van der Waals surface area (Å²) in [6, 6.07) is 7.05. The number of phosphoric acid groups is 1. The van der Waals surface area contributed by atoms with E-state index >= 15 is 0 Å². The van der Waals surface area contributed by atoms with E-state index < -0.39 is 13.9 Å². The lowest BCUT2D eigenvalue weighted by molar-refractivity contribution is -0.00375. The molecule has 0 bridgehead atoms. The number of nitrogens with zero attached hydrogens (tertiary/aromatic N) is 1. The average molecular weight is 544 g/mol. The molecule has 0 radical (unpaired) electrons. The lowest BCUT2D eigenvalue weighted by Crippen LogP contribution is -2.19. The molecule has 0 spiro atoms. The van der Waals surface area contributed by atoms with Crippen LogP contribution in [0.15, 0.2) is 18.2 Å². The van der Waals surface area contributed by atoms with Crippen LogP contribution in [0.25, 0.3) is 0 Å². The van der Waals surface area contributed by atoms with Gasteiger partial charge in [0, 0.05) is 5.02 Å². The van der Waals surface area contributed by atoms with E-state index in [1.165, 1.54) is 83.5 Å². The van der Waals surface area contributed by atoms with Crippen LogP contribution >= 0.6 is 19.4 Å². The highest BCUT2D eigenvalue weighted by molar-refractivity contribution is 7.46. The summed E-state index contributed by atoms with van der Waals surface area (Å²) in [7, 11) is -4.56. The minimum atomic E-state index is -4.56. The summed E-state index contributed by atoms with van der Waals surface area (Å²) in [5, 5.41) is 9.54. The van der Waals surface area contributed by atoms with E-state index in [4.69, 9.17) is 35.9 Å². The monoisotopic (exact) mass is 543 g/mol. The molecule has 0 heterocycles. The Bertz CT molecular complexity index is 780. The molecule has 1 unspecified atom stereocenters. The van der Waals surface area contributed by atoms with Crippen molar-refractivity contribution in [2.75, 3.05) is 6.61 Å². The normalized spacial score (nSPS) is 12.5. The van der Waals surface area contributed by atoms with Crippen LogP contribution in [0.1, 0.15) is 127 Å². The third-order valence-corrected chi connectivity index (χ3v) is 7.08. The topological polar surface area (TPSA) is 99.8 Å². The number of phosphoric ester groups is 1. The fourth-order valence-corrected chi connectivity index (χ4v) is 4.95. The molecule has 1 aromatic rings. The number of ether oxygens (including phenoxy) is 1. The molecular formula is C28H47ClNO5P. The first-order chi connectivity index (χ1) is 17.3. The molecule has 1 rings (SSSR count). The zero-order valence-corrected chi connectivity index (χ0v) is 23.8. The molecule has 0 saturated carbocycles. The molecule has 36 heavy (non-hydrogen) atoms. The summed E-state index contributed by atoms with van der Waals surface area (Å²) in [6.07, 6.45) is 20.9. The van der Waals surface area contributed by atoms with Gasteiger partial charge in [0.1, 0.15) is 0 Å². The highest BCUT2D eigenvalue weighted by Gasteiger charge is 2.19. The molecule has 0 aliphatic heterocycles. The maximum atomic E-state index is 11.1. The first-order valence-corrected chi connectivity index (χ1v) is 15.8. The second kappa shape index (κ2) is 21.1. The predicted octanol–water partition coefficient (Wildman–Crippen LogP) is 8.86. The standard InChI is InChI=1S/C28H47ClNO5P/c1-2-3-4-5-6-7-8-9-10-11-12-13-14-15-16-17-18-28(24-35-36(31,32)33)34-23-26-19-25(22-30)20-27(29)21-26/h19-21,28H,2-18,23-24H2,1H3,(H2,31,32,33). The van der Waals surface area contributed by atoms with Crippen molar-refractivity contribution in [1.82, 2.24) is 0 Å². The van der Waals surface area contributed by atoms with Crippen LogP contribution in [0.2, 0.25) is 5.02 Å². The van der Waals surface area contributed by atoms with E-state index in [-0.39, 0.29) is 13.2 Å². The largest absolute Gasteiger partial charge is 0.469 e. The van der Waals surface area contributed by atoms with Crippen molar-refractivity contribution in [1.29, 1.82) is 5.26 Å². The Kier molecular flexibility index (Phi) is 19.4. The highest BCUT2D eigenvalue weighted by atomic mass is 35.5. The van der Waals surface area contributed by atoms with Gasteiger partial charge in [0.2, 0.25) is 0 Å². The van der Waals surface area contributed by atoms with Gasteiger partial charge in [-0.1, -0.05) is 121 Å². The number of halogens is 1. The first kappa shape index (κ1) is 33.1. The van der Waals surface area contributed by atoms with E-state index in [2.05, 4.69) is 13.0 Å². The molecule has 0 saturated heterocycles. The van der Waals surface area contributed by atoms with Crippen molar-refractivity contribution < 1.29 is 23.6 Å². The zero-order chi connectivity index (χ0) is 26.5. The molecule has 2 N–H and O–H groups in total. The maximum Gasteiger partial charge on any atom is 0.469 e. The number of hydrogen-bond donors (Lipinski definition) is 2. The second-order valence-electron chi connectivity index (χ2n) is 9.77. The predicted molar refractivity (Wildman–Crippen MR) is 147 cm³/mol. The summed E-state index contributed by atoms with van der Waals surface area (Å²) in [4.78, 5) is 18.1. The summed E-state index contributed by atoms with van der Waals surface area (Å²) in [5.74, 6) is 0. The molecule has 206 valence electrons. The van der Waals surface area contributed by atoms with Crippen LogP contribution in [-0.4, -0.2) is 22.5 Å². The molecule has 1 aromatic carbocycles. The summed E-state index contributed by atoms with van der Waals surface area (Å²) in [6.45, 7) is 2.29. The van der Waals surface area contributed by atoms with Gasteiger partial charge in [-0.15, -0.1) is 0 Å². The Labute approximate surface area is 224 Å². The van der Waals surface area contributed by atoms with Gasteiger partial charge < -0.3 is 14.5 Å². The summed E-state index contributed by atoms with van der Waals surface area (Å²) < 4.78 is 21.7. The van der Waals surface area contributed by atoms with Crippen molar-refractivity contribution in [2.45, 2.75) is 129 Å². The maximum absolute atomic E-state index is 11.1. The van der Waals surface area contributed by atoms with E-state index in [1.807, 2.05) is 0 Å². The van der Waals surface area contributed by atoms with Crippen molar-refractivity contribution in [3.05, 3.63) is 34.3 Å². The van der Waals surface area contributed by atoms with Gasteiger partial charge in [0.05, 0.1) is 31.0 Å². The van der Waals surface area contributed by atoms with Crippen molar-refractivity contribution >= 4 is 19.4 Å². The van der Waals surface area contributed by atoms with Crippen molar-refractivity contribution in [3.8, 4) is 6.07 Å². The van der Waals surface area contributed by atoms with Crippen LogP contribution < -0.4 is 0 Å². The average Bonchev–Trinajstić information content (AvgIpc) is 2.84. The second-order valence-corrected chi connectivity index (χ2v) is 11.4.